The van der Waals surface area contributed by atoms with Gasteiger partial charge >= 0.3 is 0 Å². The molecule has 90 valence electrons. The summed E-state index contributed by atoms with van der Waals surface area (Å²) in [5.74, 6) is 0.155. The molecule has 0 aromatic carbocycles. The van der Waals surface area contributed by atoms with Crippen LogP contribution in [0.3, 0.4) is 0 Å². The van der Waals surface area contributed by atoms with E-state index in [0.29, 0.717) is 12.1 Å². The Bertz CT molecular complexity index is 536. The summed E-state index contributed by atoms with van der Waals surface area (Å²) in [4.78, 5) is 24.2. The number of pyridine rings is 1. The van der Waals surface area contributed by atoms with Gasteiger partial charge in [0.1, 0.15) is 0 Å². The Morgan fingerprint density at radius 3 is 2.53 bits per heavy atom. The zero-order valence-electron chi connectivity index (χ0n) is 10.2. The molecule has 1 aromatic rings. The molecule has 3 nitrogen and oxygen atoms in total. The normalized spacial score (nSPS) is 21.8. The molecule has 1 saturated carbocycles. The highest BCUT2D eigenvalue weighted by molar-refractivity contribution is 5.98. The number of fused-ring (bicyclic) bond motifs is 2. The quantitative estimate of drug-likeness (QED) is 0.687. The zero-order valence-corrected chi connectivity index (χ0v) is 10.2. The molecule has 17 heavy (non-hydrogen) atoms. The molecule has 2 heterocycles. The third kappa shape index (κ3) is 1.41. The van der Waals surface area contributed by atoms with Crippen LogP contribution in [0.1, 0.15) is 54.6 Å². The van der Waals surface area contributed by atoms with Crippen LogP contribution in [0.4, 0.5) is 0 Å². The molecule has 3 heteroatoms. The first-order valence-electron chi connectivity index (χ1n) is 6.40. The van der Waals surface area contributed by atoms with Crippen LogP contribution in [0.25, 0.3) is 0 Å². The topological polar surface area (TPSA) is 39.1 Å². The van der Waals surface area contributed by atoms with Gasteiger partial charge in [-0.2, -0.15) is 0 Å². The molecular weight excluding hydrogens is 214 g/mol. The van der Waals surface area contributed by atoms with Crippen LogP contribution in [0, 0.1) is 6.92 Å². The number of carbonyl (C=O) groups is 1. The van der Waals surface area contributed by atoms with E-state index in [9.17, 15) is 9.59 Å². The molecule has 0 unspecified atom stereocenters. The predicted octanol–water partition coefficient (Wildman–Crippen LogP) is 2.40. The van der Waals surface area contributed by atoms with Gasteiger partial charge in [-0.25, -0.2) is 0 Å². The van der Waals surface area contributed by atoms with E-state index in [-0.39, 0.29) is 16.9 Å². The van der Waals surface area contributed by atoms with Crippen LogP contribution < -0.4 is 5.56 Å². The zero-order chi connectivity index (χ0) is 12.0. The number of aryl methyl sites for hydroxylation is 1. The highest BCUT2D eigenvalue weighted by atomic mass is 16.1. The molecule has 1 aromatic heterocycles. The molecule has 0 amide bonds. The van der Waals surface area contributed by atoms with Crippen molar-refractivity contribution in [2.24, 2.45) is 0 Å². The first-order valence-corrected chi connectivity index (χ1v) is 6.40. The van der Waals surface area contributed by atoms with E-state index in [1.807, 2.05) is 11.5 Å². The van der Waals surface area contributed by atoms with E-state index in [1.54, 1.807) is 12.1 Å². The highest BCUT2D eigenvalue weighted by Gasteiger charge is 2.44. The minimum atomic E-state index is -0.187. The molecule has 1 fully saturated rings. The van der Waals surface area contributed by atoms with E-state index in [2.05, 4.69) is 0 Å². The van der Waals surface area contributed by atoms with Crippen LogP contribution in [0.2, 0.25) is 0 Å². The smallest absolute Gasteiger partial charge is 0.251 e. The summed E-state index contributed by atoms with van der Waals surface area (Å²) >= 11 is 0. The minimum absolute atomic E-state index is 0.00153. The summed E-state index contributed by atoms with van der Waals surface area (Å²) in [6, 6.07) is 3.38. The summed E-state index contributed by atoms with van der Waals surface area (Å²) in [5.41, 5.74) is 1.42. The summed E-state index contributed by atoms with van der Waals surface area (Å²) in [5, 5.41) is 0. The monoisotopic (exact) mass is 231 g/mol. The molecule has 1 aliphatic heterocycles. The van der Waals surface area contributed by atoms with Gasteiger partial charge in [-0.1, -0.05) is 25.3 Å². The fraction of sp³-hybridized carbons (Fsp3) is 0.571. The van der Waals surface area contributed by atoms with Crippen LogP contribution in [0.15, 0.2) is 16.9 Å². The van der Waals surface area contributed by atoms with Crippen molar-refractivity contribution in [3.63, 3.8) is 0 Å². The maximum Gasteiger partial charge on any atom is 0.251 e. The van der Waals surface area contributed by atoms with Crippen molar-refractivity contribution in [2.45, 2.75) is 51.0 Å². The van der Waals surface area contributed by atoms with Gasteiger partial charge in [0.05, 0.1) is 11.2 Å². The second kappa shape index (κ2) is 3.56. The van der Waals surface area contributed by atoms with Crippen LogP contribution in [-0.2, 0) is 5.54 Å². The van der Waals surface area contributed by atoms with Crippen molar-refractivity contribution in [1.29, 1.82) is 0 Å². The van der Waals surface area contributed by atoms with Crippen molar-refractivity contribution in [2.75, 3.05) is 0 Å². The number of aromatic nitrogens is 1. The Labute approximate surface area is 100 Å². The summed E-state index contributed by atoms with van der Waals surface area (Å²) in [6.07, 6.45) is 5.99. The lowest BCUT2D eigenvalue weighted by Crippen LogP contribution is -2.39. The van der Waals surface area contributed by atoms with Crippen LogP contribution >= 0.6 is 0 Å². The average Bonchev–Trinajstić information content (AvgIpc) is 2.59. The molecule has 0 bridgehead atoms. The Hall–Kier alpha value is -1.38. The molecular formula is C14H17NO2. The average molecular weight is 231 g/mol. The van der Waals surface area contributed by atoms with Gasteiger partial charge < -0.3 is 0 Å². The van der Waals surface area contributed by atoms with Crippen molar-refractivity contribution >= 4 is 5.78 Å². The fourth-order valence-electron chi connectivity index (χ4n) is 3.52. The van der Waals surface area contributed by atoms with Gasteiger partial charge in [-0.15, -0.1) is 0 Å². The van der Waals surface area contributed by atoms with Crippen molar-refractivity contribution < 1.29 is 4.79 Å². The molecule has 0 N–H and O–H groups in total. The lowest BCUT2D eigenvalue weighted by Gasteiger charge is -2.34. The molecule has 3 rings (SSSR count). The Morgan fingerprint density at radius 1 is 1.12 bits per heavy atom. The summed E-state index contributed by atoms with van der Waals surface area (Å²) in [6.45, 7) is 1.92. The summed E-state index contributed by atoms with van der Waals surface area (Å²) in [7, 11) is 0. The number of hydrogen-bond acceptors (Lipinski definition) is 2. The lowest BCUT2D eigenvalue weighted by molar-refractivity contribution is 0.0950. The van der Waals surface area contributed by atoms with E-state index in [1.165, 1.54) is 6.42 Å². The molecule has 2 aliphatic rings. The van der Waals surface area contributed by atoms with Crippen LogP contribution in [0.5, 0.6) is 0 Å². The largest absolute Gasteiger partial charge is 0.299 e. The third-order valence-electron chi connectivity index (χ3n) is 4.31. The Morgan fingerprint density at radius 2 is 1.82 bits per heavy atom. The van der Waals surface area contributed by atoms with E-state index in [4.69, 9.17) is 0 Å². The third-order valence-corrected chi connectivity index (χ3v) is 4.31. The molecule has 0 atom stereocenters. The van der Waals surface area contributed by atoms with Crippen molar-refractivity contribution in [3.05, 3.63) is 33.7 Å². The van der Waals surface area contributed by atoms with Gasteiger partial charge in [0.15, 0.2) is 5.78 Å². The van der Waals surface area contributed by atoms with Gasteiger partial charge in [0, 0.05) is 12.5 Å². The van der Waals surface area contributed by atoms with Gasteiger partial charge in [-0.05, 0) is 25.3 Å². The number of hydrogen-bond donors (Lipinski definition) is 0. The molecule has 0 saturated heterocycles. The maximum absolute atomic E-state index is 12.2. The van der Waals surface area contributed by atoms with E-state index < -0.39 is 0 Å². The van der Waals surface area contributed by atoms with E-state index in [0.717, 1.165) is 31.2 Å². The Balaban J connectivity index is 2.25. The SMILES string of the molecule is Cc1ccc(=O)n2c1C(=O)CC21CCCCC1. The molecule has 1 spiro atoms. The highest BCUT2D eigenvalue weighted by Crippen LogP contribution is 2.42. The first-order chi connectivity index (χ1) is 8.14. The number of carbonyl (C=O) groups excluding carboxylic acids is 1. The van der Waals surface area contributed by atoms with Gasteiger partial charge in [-0.3, -0.25) is 14.2 Å². The number of rotatable bonds is 0. The fourth-order valence-corrected chi connectivity index (χ4v) is 3.52. The van der Waals surface area contributed by atoms with E-state index >= 15 is 0 Å². The van der Waals surface area contributed by atoms with Crippen molar-refractivity contribution in [1.82, 2.24) is 4.57 Å². The standard InChI is InChI=1S/C14H17NO2/c1-10-5-6-12(17)15-13(10)11(16)9-14(15)7-3-2-4-8-14/h5-6H,2-4,7-9H2,1H3. The number of ketones is 1. The van der Waals surface area contributed by atoms with Gasteiger partial charge in [0.25, 0.3) is 5.56 Å². The minimum Gasteiger partial charge on any atom is -0.299 e. The molecule has 0 radical (unpaired) electrons. The van der Waals surface area contributed by atoms with Crippen molar-refractivity contribution in [3.8, 4) is 0 Å². The number of Topliss-reactive ketones (excluding diaryl/α,β-unsaturated/α-hetero) is 1. The lowest BCUT2D eigenvalue weighted by atomic mass is 9.80. The number of nitrogens with zero attached hydrogens (tertiary/aromatic N) is 1. The second-order valence-electron chi connectivity index (χ2n) is 5.42. The summed E-state index contributed by atoms with van der Waals surface area (Å²) < 4.78 is 1.81. The Kier molecular flexibility index (Phi) is 2.25. The maximum atomic E-state index is 12.2. The predicted molar refractivity (Wildman–Crippen MR) is 65.4 cm³/mol. The first kappa shape index (κ1) is 10.8. The van der Waals surface area contributed by atoms with Crippen LogP contribution in [-0.4, -0.2) is 10.4 Å². The molecule has 1 aliphatic carbocycles. The van der Waals surface area contributed by atoms with Gasteiger partial charge in [0.2, 0.25) is 0 Å². The second-order valence-corrected chi connectivity index (χ2v) is 5.42.